The first kappa shape index (κ1) is 15.8. The number of likely N-dealkylation sites (tertiary alicyclic amines) is 1. The molecule has 2 aromatic carbocycles. The zero-order chi connectivity index (χ0) is 16.6. The van der Waals surface area contributed by atoms with Crippen LogP contribution in [0.2, 0.25) is 0 Å². The molecule has 0 aromatic heterocycles. The number of rotatable bonds is 5. The fourth-order valence-electron chi connectivity index (χ4n) is 4.76. The van der Waals surface area contributed by atoms with Crippen molar-refractivity contribution in [2.45, 2.75) is 18.4 Å². The summed E-state index contributed by atoms with van der Waals surface area (Å²) in [5.74, 6) is 0.456. The minimum Gasteiger partial charge on any atom is -0.396 e. The van der Waals surface area contributed by atoms with Crippen LogP contribution in [-0.2, 0) is 6.42 Å². The molecule has 0 bridgehead atoms. The van der Waals surface area contributed by atoms with E-state index in [2.05, 4.69) is 41.3 Å². The Balaban J connectivity index is 1.46. The predicted octanol–water partition coefficient (Wildman–Crippen LogP) is 2.30. The Hall–Kier alpha value is -1.68. The van der Waals surface area contributed by atoms with Crippen molar-refractivity contribution in [1.82, 2.24) is 4.90 Å². The summed E-state index contributed by atoms with van der Waals surface area (Å²) in [5, 5.41) is 20.6. The Labute approximate surface area is 143 Å². The molecule has 0 unspecified atom stereocenters. The van der Waals surface area contributed by atoms with Gasteiger partial charge in [0.1, 0.15) is 0 Å². The number of hydrogen-bond acceptors (Lipinski definition) is 3. The van der Waals surface area contributed by atoms with Crippen LogP contribution in [0, 0.1) is 11.3 Å². The van der Waals surface area contributed by atoms with Gasteiger partial charge in [-0.25, -0.2) is 0 Å². The fraction of sp³-hybridized carbons (Fsp3) is 0.429. The number of aliphatic hydroxyl groups excluding tert-OH is 2. The predicted molar refractivity (Wildman–Crippen MR) is 94.8 cm³/mol. The van der Waals surface area contributed by atoms with Gasteiger partial charge in [0.15, 0.2) is 0 Å². The normalized spacial score (nSPS) is 32.3. The summed E-state index contributed by atoms with van der Waals surface area (Å²) in [4.78, 5) is 2.36. The van der Waals surface area contributed by atoms with Crippen molar-refractivity contribution < 1.29 is 10.2 Å². The second kappa shape index (κ2) is 6.32. The monoisotopic (exact) mass is 323 g/mol. The lowest BCUT2D eigenvalue weighted by atomic mass is 9.95. The standard InChI is InChI=1S/C21H25NO2/c23-14-18-20(17-9-5-2-6-10-17)21(18)15-22(13-19(21)24)12-11-16-7-3-1-4-8-16/h1-10,18-20,23-24H,11-15H2/t18-,19-,20-,21-/m1/s1. The van der Waals surface area contributed by atoms with Gasteiger partial charge in [-0.1, -0.05) is 60.7 Å². The molecule has 1 heterocycles. The third-order valence-corrected chi connectivity index (χ3v) is 6.03. The molecule has 0 amide bonds. The highest BCUT2D eigenvalue weighted by atomic mass is 16.3. The van der Waals surface area contributed by atoms with Crippen LogP contribution < -0.4 is 0 Å². The number of β-amino-alcohol motifs (C(OH)–C–C–N with tert-alkyl or cyclic N) is 1. The summed E-state index contributed by atoms with van der Waals surface area (Å²) in [6.07, 6.45) is 0.652. The van der Waals surface area contributed by atoms with E-state index >= 15 is 0 Å². The topological polar surface area (TPSA) is 43.7 Å². The van der Waals surface area contributed by atoms with E-state index in [-0.39, 0.29) is 30.0 Å². The van der Waals surface area contributed by atoms with E-state index in [9.17, 15) is 10.2 Å². The average Bonchev–Trinajstić information content (AvgIpc) is 3.17. The molecule has 1 aliphatic carbocycles. The molecule has 0 radical (unpaired) electrons. The molecular formula is C21H25NO2. The second-order valence-electron chi connectivity index (χ2n) is 7.28. The van der Waals surface area contributed by atoms with Gasteiger partial charge in [-0.15, -0.1) is 0 Å². The maximum Gasteiger partial charge on any atom is 0.0745 e. The Kier molecular flexibility index (Phi) is 4.17. The molecule has 1 spiro atoms. The van der Waals surface area contributed by atoms with Crippen LogP contribution in [-0.4, -0.2) is 47.5 Å². The van der Waals surface area contributed by atoms with Crippen molar-refractivity contribution in [3.63, 3.8) is 0 Å². The second-order valence-corrected chi connectivity index (χ2v) is 7.28. The van der Waals surface area contributed by atoms with E-state index < -0.39 is 0 Å². The first-order valence-corrected chi connectivity index (χ1v) is 8.86. The molecule has 1 aliphatic heterocycles. The van der Waals surface area contributed by atoms with Gasteiger partial charge >= 0.3 is 0 Å². The molecule has 2 fully saturated rings. The molecule has 3 heteroatoms. The number of benzene rings is 2. The third kappa shape index (κ3) is 2.57. The lowest BCUT2D eigenvalue weighted by molar-refractivity contribution is 0.111. The summed E-state index contributed by atoms with van der Waals surface area (Å²) < 4.78 is 0. The first-order chi connectivity index (χ1) is 11.8. The van der Waals surface area contributed by atoms with Crippen molar-refractivity contribution in [3.8, 4) is 0 Å². The molecule has 3 nitrogen and oxygen atoms in total. The molecular weight excluding hydrogens is 298 g/mol. The third-order valence-electron chi connectivity index (χ3n) is 6.03. The van der Waals surface area contributed by atoms with Crippen LogP contribution in [0.25, 0.3) is 0 Å². The molecule has 2 N–H and O–H groups in total. The van der Waals surface area contributed by atoms with Gasteiger partial charge in [0.2, 0.25) is 0 Å². The molecule has 1 saturated heterocycles. The zero-order valence-electron chi connectivity index (χ0n) is 13.9. The van der Waals surface area contributed by atoms with E-state index in [4.69, 9.17) is 0 Å². The van der Waals surface area contributed by atoms with Crippen molar-refractivity contribution >= 4 is 0 Å². The maximum atomic E-state index is 10.8. The van der Waals surface area contributed by atoms with E-state index in [1.165, 1.54) is 11.1 Å². The summed E-state index contributed by atoms with van der Waals surface area (Å²) in [6.45, 7) is 2.71. The number of aliphatic hydroxyl groups is 2. The molecule has 1 saturated carbocycles. The average molecular weight is 323 g/mol. The molecule has 126 valence electrons. The number of hydrogen-bond donors (Lipinski definition) is 2. The van der Waals surface area contributed by atoms with Gasteiger partial charge in [-0.2, -0.15) is 0 Å². The van der Waals surface area contributed by atoms with Gasteiger partial charge in [0.05, 0.1) is 6.10 Å². The Morgan fingerprint density at radius 2 is 1.67 bits per heavy atom. The first-order valence-electron chi connectivity index (χ1n) is 8.86. The highest BCUT2D eigenvalue weighted by molar-refractivity contribution is 5.36. The quantitative estimate of drug-likeness (QED) is 0.887. The Morgan fingerprint density at radius 3 is 2.33 bits per heavy atom. The van der Waals surface area contributed by atoms with Crippen LogP contribution in [0.1, 0.15) is 17.0 Å². The Bertz CT molecular complexity index is 675. The summed E-state index contributed by atoms with van der Waals surface area (Å²) in [6, 6.07) is 20.9. The molecule has 2 aliphatic rings. The van der Waals surface area contributed by atoms with Crippen molar-refractivity contribution in [2.75, 3.05) is 26.2 Å². The molecule has 4 atom stereocenters. The van der Waals surface area contributed by atoms with E-state index in [0.29, 0.717) is 6.54 Å². The van der Waals surface area contributed by atoms with Crippen LogP contribution in [0.4, 0.5) is 0 Å². The SMILES string of the molecule is OC[C@@H]1[C@@H](c2ccccc2)[C@]12CN(CCc1ccccc1)C[C@H]2O. The van der Waals surface area contributed by atoms with Crippen LogP contribution in [0.15, 0.2) is 60.7 Å². The van der Waals surface area contributed by atoms with Gasteiger partial charge < -0.3 is 10.2 Å². The van der Waals surface area contributed by atoms with E-state index in [1.54, 1.807) is 0 Å². The van der Waals surface area contributed by atoms with E-state index in [0.717, 1.165) is 19.5 Å². The lowest BCUT2D eigenvalue weighted by Gasteiger charge is -2.16. The van der Waals surface area contributed by atoms with Gasteiger partial charge in [-0.05, 0) is 29.4 Å². The van der Waals surface area contributed by atoms with Gasteiger partial charge in [0, 0.05) is 31.7 Å². The van der Waals surface area contributed by atoms with Crippen molar-refractivity contribution in [2.24, 2.45) is 11.3 Å². The largest absolute Gasteiger partial charge is 0.396 e. The van der Waals surface area contributed by atoms with Crippen molar-refractivity contribution in [1.29, 1.82) is 0 Å². The Morgan fingerprint density at radius 1 is 1.00 bits per heavy atom. The number of nitrogens with zero attached hydrogens (tertiary/aromatic N) is 1. The summed E-state index contributed by atoms with van der Waals surface area (Å²) in [5.41, 5.74) is 2.43. The van der Waals surface area contributed by atoms with Crippen LogP contribution in [0.3, 0.4) is 0 Å². The van der Waals surface area contributed by atoms with Crippen molar-refractivity contribution in [3.05, 3.63) is 71.8 Å². The molecule has 2 aromatic rings. The van der Waals surface area contributed by atoms with Crippen LogP contribution in [0.5, 0.6) is 0 Å². The molecule has 4 rings (SSSR count). The summed E-state index contributed by atoms with van der Waals surface area (Å²) in [7, 11) is 0. The minimum atomic E-state index is -0.351. The molecule has 24 heavy (non-hydrogen) atoms. The van der Waals surface area contributed by atoms with Gasteiger partial charge in [0.25, 0.3) is 0 Å². The highest BCUT2D eigenvalue weighted by Gasteiger charge is 2.70. The van der Waals surface area contributed by atoms with Crippen LogP contribution >= 0.6 is 0 Å². The minimum absolute atomic E-state index is 0.156. The fourth-order valence-corrected chi connectivity index (χ4v) is 4.76. The lowest BCUT2D eigenvalue weighted by Crippen LogP contribution is -2.24. The smallest absolute Gasteiger partial charge is 0.0745 e. The highest BCUT2D eigenvalue weighted by Crippen LogP contribution is 2.68. The van der Waals surface area contributed by atoms with Gasteiger partial charge in [-0.3, -0.25) is 4.90 Å². The summed E-state index contributed by atoms with van der Waals surface area (Å²) >= 11 is 0. The maximum absolute atomic E-state index is 10.8. The zero-order valence-corrected chi connectivity index (χ0v) is 13.9. The van der Waals surface area contributed by atoms with E-state index in [1.807, 2.05) is 24.3 Å².